The number of piperidine rings is 1. The van der Waals surface area contributed by atoms with Crippen LogP contribution in [0.2, 0.25) is 5.02 Å². The molecule has 0 aliphatic carbocycles. The molecule has 1 aliphatic rings. The number of hydrogen-bond donors (Lipinski definition) is 1. The fraction of sp³-hybridized carbons (Fsp3) is 0.400. The van der Waals surface area contributed by atoms with E-state index in [1.807, 2.05) is 35.2 Å². The van der Waals surface area contributed by atoms with E-state index < -0.39 is 0 Å². The van der Waals surface area contributed by atoms with E-state index >= 15 is 0 Å². The number of carbonyl (C=O) groups is 1. The Hall–Kier alpha value is -2.07. The fourth-order valence-corrected chi connectivity index (χ4v) is 3.26. The van der Waals surface area contributed by atoms with Gasteiger partial charge in [0.05, 0.1) is 11.9 Å². The number of likely N-dealkylation sites (tertiary alicyclic amines) is 1. The van der Waals surface area contributed by atoms with E-state index in [2.05, 4.69) is 23.3 Å². The Labute approximate surface area is 154 Å². The van der Waals surface area contributed by atoms with E-state index in [-0.39, 0.29) is 5.91 Å². The molecule has 1 aromatic heterocycles. The van der Waals surface area contributed by atoms with Crippen LogP contribution in [0.5, 0.6) is 0 Å². The van der Waals surface area contributed by atoms with Gasteiger partial charge < -0.3 is 10.2 Å². The number of nitrogens with one attached hydrogen (secondary N) is 1. The summed E-state index contributed by atoms with van der Waals surface area (Å²) >= 11 is 5.99. The topological polar surface area (TPSA) is 45.2 Å². The van der Waals surface area contributed by atoms with Crippen LogP contribution in [-0.4, -0.2) is 35.4 Å². The highest BCUT2D eigenvalue weighted by atomic mass is 35.5. The Morgan fingerprint density at radius 1 is 1.28 bits per heavy atom. The van der Waals surface area contributed by atoms with Crippen LogP contribution in [0, 0.1) is 5.92 Å². The highest BCUT2D eigenvalue weighted by Crippen LogP contribution is 2.18. The first kappa shape index (κ1) is 17.7. The Balaban J connectivity index is 1.51. The summed E-state index contributed by atoms with van der Waals surface area (Å²) in [6.07, 6.45) is 4.77. The maximum Gasteiger partial charge on any atom is 0.272 e. The monoisotopic (exact) mass is 357 g/mol. The quantitative estimate of drug-likeness (QED) is 0.869. The van der Waals surface area contributed by atoms with Crippen molar-refractivity contribution in [1.82, 2.24) is 9.88 Å². The number of benzene rings is 1. The standard InChI is InChI=1S/C20H24ClN3O/c1-15-8-11-24(12-9-15)20(25)19-6-5-18(14-23-19)22-10-7-16-3-2-4-17(21)13-16/h2-6,13-15,22H,7-12H2,1H3. The predicted molar refractivity (Wildman–Crippen MR) is 102 cm³/mol. The Kier molecular flexibility index (Phi) is 5.92. The highest BCUT2D eigenvalue weighted by molar-refractivity contribution is 6.30. The third-order valence-electron chi connectivity index (χ3n) is 4.69. The van der Waals surface area contributed by atoms with Crippen LogP contribution in [0.1, 0.15) is 35.8 Å². The van der Waals surface area contributed by atoms with Crippen molar-refractivity contribution in [2.75, 3.05) is 25.0 Å². The SMILES string of the molecule is CC1CCN(C(=O)c2ccc(NCCc3cccc(Cl)c3)cn2)CC1. The lowest BCUT2D eigenvalue weighted by Crippen LogP contribution is -2.38. The molecule has 1 aliphatic heterocycles. The van der Waals surface area contributed by atoms with Gasteiger partial charge >= 0.3 is 0 Å². The molecule has 1 N–H and O–H groups in total. The second kappa shape index (κ2) is 8.34. The van der Waals surface area contributed by atoms with Crippen molar-refractivity contribution in [3.8, 4) is 0 Å². The van der Waals surface area contributed by atoms with Gasteiger partial charge in [-0.3, -0.25) is 4.79 Å². The first-order valence-corrected chi connectivity index (χ1v) is 9.23. The number of pyridine rings is 1. The number of carbonyl (C=O) groups excluding carboxylic acids is 1. The Morgan fingerprint density at radius 3 is 2.76 bits per heavy atom. The zero-order valence-electron chi connectivity index (χ0n) is 14.5. The van der Waals surface area contributed by atoms with Gasteiger partial charge in [-0.25, -0.2) is 4.98 Å². The number of rotatable bonds is 5. The van der Waals surface area contributed by atoms with Crippen molar-refractivity contribution < 1.29 is 4.79 Å². The number of aromatic nitrogens is 1. The molecule has 132 valence electrons. The summed E-state index contributed by atoms with van der Waals surface area (Å²) in [5, 5.41) is 4.09. The molecule has 1 aromatic carbocycles. The van der Waals surface area contributed by atoms with Gasteiger partial charge in [-0.1, -0.05) is 30.7 Å². The van der Waals surface area contributed by atoms with Crippen LogP contribution in [-0.2, 0) is 6.42 Å². The number of halogens is 1. The third kappa shape index (κ3) is 4.95. The molecule has 0 unspecified atom stereocenters. The van der Waals surface area contributed by atoms with Crippen molar-refractivity contribution in [3.63, 3.8) is 0 Å². The molecule has 0 saturated carbocycles. The largest absolute Gasteiger partial charge is 0.383 e. The summed E-state index contributed by atoms with van der Waals surface area (Å²) in [4.78, 5) is 18.7. The summed E-state index contributed by atoms with van der Waals surface area (Å²) in [6, 6.07) is 11.6. The lowest BCUT2D eigenvalue weighted by Gasteiger charge is -2.30. The third-order valence-corrected chi connectivity index (χ3v) is 4.92. The van der Waals surface area contributed by atoms with Crippen molar-refractivity contribution in [2.24, 2.45) is 5.92 Å². The lowest BCUT2D eigenvalue weighted by molar-refractivity contribution is 0.0691. The number of hydrogen-bond acceptors (Lipinski definition) is 3. The van der Waals surface area contributed by atoms with E-state index in [1.54, 1.807) is 6.20 Å². The van der Waals surface area contributed by atoms with Gasteiger partial charge in [-0.2, -0.15) is 0 Å². The zero-order valence-corrected chi connectivity index (χ0v) is 15.3. The van der Waals surface area contributed by atoms with Crippen LogP contribution < -0.4 is 5.32 Å². The molecular weight excluding hydrogens is 334 g/mol. The minimum Gasteiger partial charge on any atom is -0.383 e. The van der Waals surface area contributed by atoms with Crippen LogP contribution in [0.25, 0.3) is 0 Å². The lowest BCUT2D eigenvalue weighted by atomic mass is 9.99. The molecule has 25 heavy (non-hydrogen) atoms. The summed E-state index contributed by atoms with van der Waals surface area (Å²) in [5.74, 6) is 0.750. The molecule has 1 fully saturated rings. The first-order chi connectivity index (χ1) is 12.1. The van der Waals surface area contributed by atoms with Gasteiger partial charge in [0.2, 0.25) is 0 Å². The average molecular weight is 358 g/mol. The van der Waals surface area contributed by atoms with Gasteiger partial charge in [-0.15, -0.1) is 0 Å². The molecule has 0 atom stereocenters. The van der Waals surface area contributed by atoms with Crippen molar-refractivity contribution in [3.05, 3.63) is 58.9 Å². The summed E-state index contributed by atoms with van der Waals surface area (Å²) in [5.41, 5.74) is 2.64. The smallest absolute Gasteiger partial charge is 0.272 e. The Bertz CT molecular complexity index is 709. The minimum absolute atomic E-state index is 0.0392. The highest BCUT2D eigenvalue weighted by Gasteiger charge is 2.22. The van der Waals surface area contributed by atoms with E-state index in [0.29, 0.717) is 11.6 Å². The van der Waals surface area contributed by atoms with Gasteiger partial charge in [0.25, 0.3) is 5.91 Å². The number of amides is 1. The molecule has 2 heterocycles. The van der Waals surface area contributed by atoms with Gasteiger partial charge in [-0.05, 0) is 55.0 Å². The number of nitrogens with zero attached hydrogens (tertiary/aromatic N) is 2. The Morgan fingerprint density at radius 2 is 2.08 bits per heavy atom. The maximum atomic E-state index is 12.5. The van der Waals surface area contributed by atoms with E-state index in [4.69, 9.17) is 11.6 Å². The normalized spacial score (nSPS) is 15.2. The number of anilines is 1. The molecule has 4 nitrogen and oxygen atoms in total. The van der Waals surface area contributed by atoms with E-state index in [0.717, 1.165) is 49.6 Å². The predicted octanol–water partition coefficient (Wildman–Crippen LogP) is 4.26. The molecule has 0 radical (unpaired) electrons. The van der Waals surface area contributed by atoms with Gasteiger partial charge in [0.1, 0.15) is 5.69 Å². The van der Waals surface area contributed by atoms with Crippen LogP contribution in [0.4, 0.5) is 5.69 Å². The molecule has 2 aromatic rings. The van der Waals surface area contributed by atoms with Gasteiger partial charge in [0.15, 0.2) is 0 Å². The molecule has 3 rings (SSSR count). The first-order valence-electron chi connectivity index (χ1n) is 8.85. The molecule has 5 heteroatoms. The van der Waals surface area contributed by atoms with Gasteiger partial charge in [0, 0.05) is 24.7 Å². The second-order valence-electron chi connectivity index (χ2n) is 6.71. The average Bonchev–Trinajstić information content (AvgIpc) is 2.62. The zero-order chi connectivity index (χ0) is 17.6. The minimum atomic E-state index is 0.0392. The second-order valence-corrected chi connectivity index (χ2v) is 7.15. The van der Waals surface area contributed by atoms with Crippen LogP contribution in [0.3, 0.4) is 0 Å². The van der Waals surface area contributed by atoms with Crippen molar-refractivity contribution in [1.29, 1.82) is 0 Å². The van der Waals surface area contributed by atoms with Crippen molar-refractivity contribution in [2.45, 2.75) is 26.2 Å². The van der Waals surface area contributed by atoms with Crippen molar-refractivity contribution >= 4 is 23.2 Å². The maximum absolute atomic E-state index is 12.5. The molecule has 1 saturated heterocycles. The van der Waals surface area contributed by atoms with E-state index in [1.165, 1.54) is 5.56 Å². The summed E-state index contributed by atoms with van der Waals surface area (Å²) < 4.78 is 0. The summed E-state index contributed by atoms with van der Waals surface area (Å²) in [6.45, 7) is 4.70. The molecular formula is C20H24ClN3O. The van der Waals surface area contributed by atoms with Crippen LogP contribution in [0.15, 0.2) is 42.6 Å². The fourth-order valence-electron chi connectivity index (χ4n) is 3.04. The molecule has 0 spiro atoms. The molecule has 1 amide bonds. The van der Waals surface area contributed by atoms with Crippen LogP contribution >= 0.6 is 11.6 Å². The molecule has 0 bridgehead atoms. The van der Waals surface area contributed by atoms with E-state index in [9.17, 15) is 4.79 Å². The summed E-state index contributed by atoms with van der Waals surface area (Å²) in [7, 11) is 0.